The number of ketones is 1. The van der Waals surface area contributed by atoms with Crippen molar-refractivity contribution < 1.29 is 24.0 Å². The van der Waals surface area contributed by atoms with Crippen LogP contribution in [0.15, 0.2) is 30.3 Å². The molecule has 0 bridgehead atoms. The van der Waals surface area contributed by atoms with Crippen molar-refractivity contribution in [2.75, 3.05) is 6.54 Å². The van der Waals surface area contributed by atoms with Crippen molar-refractivity contribution in [2.24, 2.45) is 18.9 Å². The Balaban J connectivity index is 1.82. The summed E-state index contributed by atoms with van der Waals surface area (Å²) in [4.78, 5) is 64.7. The van der Waals surface area contributed by atoms with E-state index in [1.54, 1.807) is 38.5 Å². The highest BCUT2D eigenvalue weighted by Crippen LogP contribution is 2.20. The second-order valence-electron chi connectivity index (χ2n) is 11.4. The van der Waals surface area contributed by atoms with Crippen LogP contribution in [0.1, 0.15) is 64.4 Å². The molecule has 10 heteroatoms. The lowest BCUT2D eigenvalue weighted by atomic mass is 9.94. The highest BCUT2D eigenvalue weighted by molar-refractivity contribution is 6.38. The van der Waals surface area contributed by atoms with E-state index in [4.69, 9.17) is 0 Å². The maximum absolute atomic E-state index is 13.5. The molecule has 1 saturated heterocycles. The number of aromatic nitrogens is 1. The Hall–Kier alpha value is -3.69. The van der Waals surface area contributed by atoms with E-state index < -0.39 is 47.0 Å². The third kappa shape index (κ3) is 7.20. The Morgan fingerprint density at radius 1 is 1.08 bits per heavy atom. The Morgan fingerprint density at radius 2 is 1.76 bits per heavy atom. The Morgan fingerprint density at radius 3 is 2.34 bits per heavy atom. The van der Waals surface area contributed by atoms with Gasteiger partial charge < -0.3 is 25.8 Å². The van der Waals surface area contributed by atoms with Crippen LogP contribution in [-0.2, 0) is 26.2 Å². The Kier molecular flexibility index (Phi) is 8.96. The molecule has 2 heterocycles. The topological polar surface area (TPSA) is 138 Å². The van der Waals surface area contributed by atoms with Gasteiger partial charge in [0.2, 0.25) is 17.6 Å². The van der Waals surface area contributed by atoms with Crippen LogP contribution >= 0.6 is 0 Å². The first-order valence-electron chi connectivity index (χ1n) is 13.1. The molecule has 3 rings (SSSR count). The minimum absolute atomic E-state index is 0.000482. The Bertz CT molecular complexity index is 1230. The van der Waals surface area contributed by atoms with Gasteiger partial charge in [-0.15, -0.1) is 0 Å². The molecule has 38 heavy (non-hydrogen) atoms. The van der Waals surface area contributed by atoms with Crippen LogP contribution in [0.4, 0.5) is 0 Å². The normalized spacial score (nSPS) is 17.1. The fraction of sp³-hybridized carbons (Fsp3) is 0.536. The predicted octanol–water partition coefficient (Wildman–Crippen LogP) is 1.82. The van der Waals surface area contributed by atoms with Crippen molar-refractivity contribution in [1.82, 2.24) is 25.8 Å². The zero-order chi connectivity index (χ0) is 28.2. The number of aryl methyl sites for hydroxylation is 1. The molecule has 206 valence electrons. The number of benzene rings is 1. The summed E-state index contributed by atoms with van der Waals surface area (Å²) in [5.41, 5.74) is 0.624. The largest absolute Gasteiger partial charge is 0.356 e. The lowest BCUT2D eigenvalue weighted by Crippen LogP contribution is -2.56. The fourth-order valence-corrected chi connectivity index (χ4v) is 4.66. The van der Waals surface area contributed by atoms with Gasteiger partial charge in [0.1, 0.15) is 11.7 Å². The minimum atomic E-state index is -1.21. The second kappa shape index (κ2) is 11.8. The molecule has 4 amide bonds. The molecule has 10 nitrogen and oxygen atoms in total. The first-order chi connectivity index (χ1) is 17.8. The number of nitrogens with zero attached hydrogens (tertiary/aromatic N) is 1. The van der Waals surface area contributed by atoms with Crippen LogP contribution in [-0.4, -0.2) is 58.1 Å². The van der Waals surface area contributed by atoms with E-state index in [0.717, 1.165) is 10.9 Å². The number of para-hydroxylation sites is 1. The number of carbonyl (C=O) groups is 5. The van der Waals surface area contributed by atoms with Gasteiger partial charge in [0, 0.05) is 36.0 Å². The standard InChI is InChI=1S/C28H39N5O5/c1-16(2)13-20(31-26(37)22-15-17-9-7-8-10-21(17)33(22)6)25(36)30-19(14-18-11-12-29-24(18)35)23(34)27(38)32-28(3,4)5/h7-10,15-16,18-20H,11-14H2,1-6H3,(H,29,35)(H,30,36)(H,31,37)(H,32,38)/t18-,19-,20-/m0/s1. The molecule has 3 atom stereocenters. The molecular formula is C28H39N5O5. The number of rotatable bonds is 10. The minimum Gasteiger partial charge on any atom is -0.356 e. The summed E-state index contributed by atoms with van der Waals surface area (Å²) in [7, 11) is 1.78. The maximum Gasteiger partial charge on any atom is 0.290 e. The van der Waals surface area contributed by atoms with E-state index in [-0.39, 0.29) is 18.2 Å². The Labute approximate surface area is 223 Å². The van der Waals surface area contributed by atoms with E-state index >= 15 is 0 Å². The van der Waals surface area contributed by atoms with E-state index in [0.29, 0.717) is 25.1 Å². The van der Waals surface area contributed by atoms with Crippen LogP contribution < -0.4 is 21.3 Å². The summed E-state index contributed by atoms with van der Waals surface area (Å²) in [5.74, 6) is -3.31. The quantitative estimate of drug-likeness (QED) is 0.351. The van der Waals surface area contributed by atoms with Crippen molar-refractivity contribution >= 4 is 40.3 Å². The second-order valence-corrected chi connectivity index (χ2v) is 11.4. The average Bonchev–Trinajstić information content (AvgIpc) is 3.38. The van der Waals surface area contributed by atoms with Crippen LogP contribution in [0, 0.1) is 11.8 Å². The van der Waals surface area contributed by atoms with Gasteiger partial charge in [-0.1, -0.05) is 32.0 Å². The summed E-state index contributed by atoms with van der Waals surface area (Å²) in [6, 6.07) is 7.19. The number of hydrogen-bond acceptors (Lipinski definition) is 5. The first kappa shape index (κ1) is 28.9. The molecule has 1 aliphatic heterocycles. The molecule has 1 aromatic heterocycles. The summed E-state index contributed by atoms with van der Waals surface area (Å²) < 4.78 is 1.76. The third-order valence-corrected chi connectivity index (χ3v) is 6.54. The van der Waals surface area contributed by atoms with E-state index in [1.165, 1.54) is 0 Å². The van der Waals surface area contributed by atoms with Crippen molar-refractivity contribution in [1.29, 1.82) is 0 Å². The highest BCUT2D eigenvalue weighted by Gasteiger charge is 2.36. The van der Waals surface area contributed by atoms with Gasteiger partial charge in [0.15, 0.2) is 0 Å². The average molecular weight is 526 g/mol. The van der Waals surface area contributed by atoms with Crippen LogP contribution in [0.5, 0.6) is 0 Å². The fourth-order valence-electron chi connectivity index (χ4n) is 4.66. The van der Waals surface area contributed by atoms with Gasteiger partial charge in [0.25, 0.3) is 11.8 Å². The zero-order valence-electron chi connectivity index (χ0n) is 23.0. The predicted molar refractivity (Wildman–Crippen MR) is 144 cm³/mol. The van der Waals surface area contributed by atoms with Gasteiger partial charge in [-0.2, -0.15) is 0 Å². The maximum atomic E-state index is 13.5. The van der Waals surface area contributed by atoms with Crippen LogP contribution in [0.2, 0.25) is 0 Å². The van der Waals surface area contributed by atoms with Gasteiger partial charge in [-0.05, 0) is 58.1 Å². The molecule has 0 radical (unpaired) electrons. The monoisotopic (exact) mass is 525 g/mol. The molecule has 4 N–H and O–H groups in total. The summed E-state index contributed by atoms with van der Waals surface area (Å²) in [6.45, 7) is 9.56. The molecule has 1 fully saturated rings. The van der Waals surface area contributed by atoms with Crippen molar-refractivity contribution in [3.8, 4) is 0 Å². The smallest absolute Gasteiger partial charge is 0.290 e. The van der Waals surface area contributed by atoms with Gasteiger partial charge >= 0.3 is 0 Å². The third-order valence-electron chi connectivity index (χ3n) is 6.54. The van der Waals surface area contributed by atoms with Crippen molar-refractivity contribution in [2.45, 2.75) is 71.5 Å². The van der Waals surface area contributed by atoms with Crippen molar-refractivity contribution in [3.63, 3.8) is 0 Å². The molecule has 0 unspecified atom stereocenters. The molecule has 1 aliphatic rings. The SMILES string of the molecule is CC(C)C[C@H](NC(=O)c1cc2ccccc2n1C)C(=O)N[C@@H](C[C@@H]1CCNC1=O)C(=O)C(=O)NC(C)(C)C. The summed E-state index contributed by atoms with van der Waals surface area (Å²) in [5, 5.41) is 11.8. The molecule has 0 saturated carbocycles. The lowest BCUT2D eigenvalue weighted by Gasteiger charge is -2.26. The molecule has 1 aromatic carbocycles. The molecule has 0 aliphatic carbocycles. The number of fused-ring (bicyclic) bond motifs is 1. The van der Waals surface area contributed by atoms with Gasteiger partial charge in [-0.3, -0.25) is 24.0 Å². The summed E-state index contributed by atoms with van der Waals surface area (Å²) >= 11 is 0. The molecular weight excluding hydrogens is 486 g/mol. The van der Waals surface area contributed by atoms with Gasteiger partial charge in [0.05, 0.1) is 6.04 Å². The number of hydrogen-bond donors (Lipinski definition) is 4. The lowest BCUT2D eigenvalue weighted by molar-refractivity contribution is -0.141. The van der Waals surface area contributed by atoms with Crippen LogP contribution in [0.3, 0.4) is 0 Å². The highest BCUT2D eigenvalue weighted by atomic mass is 16.2. The zero-order valence-corrected chi connectivity index (χ0v) is 23.0. The summed E-state index contributed by atoms with van der Waals surface area (Å²) in [6.07, 6.45) is 0.826. The first-order valence-corrected chi connectivity index (χ1v) is 13.1. The van der Waals surface area contributed by atoms with E-state index in [9.17, 15) is 24.0 Å². The van der Waals surface area contributed by atoms with Crippen LogP contribution in [0.25, 0.3) is 10.9 Å². The van der Waals surface area contributed by atoms with Gasteiger partial charge in [-0.25, -0.2) is 0 Å². The van der Waals surface area contributed by atoms with Crippen molar-refractivity contribution in [3.05, 3.63) is 36.0 Å². The van der Waals surface area contributed by atoms with E-state index in [2.05, 4.69) is 21.3 Å². The molecule has 2 aromatic rings. The number of carbonyl (C=O) groups excluding carboxylic acids is 5. The number of amides is 4. The van der Waals surface area contributed by atoms with E-state index in [1.807, 2.05) is 38.1 Å². The number of nitrogens with one attached hydrogen (secondary N) is 4. The molecule has 0 spiro atoms. The number of Topliss-reactive ketones (excluding diaryl/α,β-unsaturated/α-hetero) is 1.